The second-order valence-electron chi connectivity index (χ2n) is 5.49. The van der Waals surface area contributed by atoms with Gasteiger partial charge in [0.05, 0.1) is 11.3 Å². The van der Waals surface area contributed by atoms with Crippen LogP contribution in [0.5, 0.6) is 0 Å². The van der Waals surface area contributed by atoms with Gasteiger partial charge in [-0.15, -0.1) is 0 Å². The van der Waals surface area contributed by atoms with Gasteiger partial charge >= 0.3 is 0 Å². The van der Waals surface area contributed by atoms with E-state index in [-0.39, 0.29) is 16.7 Å². The molecule has 1 aromatic carbocycles. The van der Waals surface area contributed by atoms with Crippen molar-refractivity contribution in [1.29, 1.82) is 0 Å². The number of hydrogen-bond donors (Lipinski definition) is 0. The number of halogens is 3. The van der Waals surface area contributed by atoms with Gasteiger partial charge in [0.2, 0.25) is 0 Å². The summed E-state index contributed by atoms with van der Waals surface area (Å²) in [5, 5.41) is 0.700. The summed E-state index contributed by atoms with van der Waals surface area (Å²) in [6, 6.07) is 1.69. The zero-order valence-electron chi connectivity index (χ0n) is 10.6. The third-order valence-electron chi connectivity index (χ3n) is 4.18. The van der Waals surface area contributed by atoms with E-state index in [1.165, 1.54) is 4.90 Å². The maximum Gasteiger partial charge on any atom is 0.299 e. The molecule has 1 amide bonds. The van der Waals surface area contributed by atoms with Gasteiger partial charge in [0.25, 0.3) is 11.7 Å². The standard InChI is InChI=1S/C14H12BrF2NO2/c15-6-14(2-1-3-14)7-18-10-5-8(16)4-9(17)11(10)12(19)13(18)20/h4-5H,1-3,6-7H2. The van der Waals surface area contributed by atoms with Crippen molar-refractivity contribution >= 4 is 33.3 Å². The summed E-state index contributed by atoms with van der Waals surface area (Å²) in [4.78, 5) is 25.1. The van der Waals surface area contributed by atoms with E-state index in [2.05, 4.69) is 15.9 Å². The molecule has 0 saturated heterocycles. The van der Waals surface area contributed by atoms with Crippen LogP contribution in [0, 0.1) is 17.0 Å². The van der Waals surface area contributed by atoms with Crippen LogP contribution in [0.15, 0.2) is 12.1 Å². The lowest BCUT2D eigenvalue weighted by atomic mass is 9.70. The Balaban J connectivity index is 2.02. The minimum absolute atomic E-state index is 0.0599. The first-order chi connectivity index (χ1) is 9.47. The van der Waals surface area contributed by atoms with Crippen molar-refractivity contribution in [2.24, 2.45) is 5.41 Å². The number of amides is 1. The average Bonchev–Trinajstić information content (AvgIpc) is 2.58. The molecule has 3 rings (SSSR count). The Kier molecular flexibility index (Phi) is 3.16. The minimum Gasteiger partial charge on any atom is -0.304 e. The zero-order chi connectivity index (χ0) is 14.5. The number of nitrogens with zero attached hydrogens (tertiary/aromatic N) is 1. The van der Waals surface area contributed by atoms with Crippen LogP contribution in [-0.4, -0.2) is 23.6 Å². The Morgan fingerprint density at radius 1 is 1.25 bits per heavy atom. The molecule has 0 atom stereocenters. The summed E-state index contributed by atoms with van der Waals surface area (Å²) in [5.41, 5.74) is -0.342. The summed E-state index contributed by atoms with van der Waals surface area (Å²) < 4.78 is 27.1. The molecular weight excluding hydrogens is 332 g/mol. The average molecular weight is 344 g/mol. The van der Waals surface area contributed by atoms with Crippen molar-refractivity contribution < 1.29 is 18.4 Å². The van der Waals surface area contributed by atoms with Gasteiger partial charge in [0.1, 0.15) is 11.6 Å². The molecule has 106 valence electrons. The Hall–Kier alpha value is -1.30. The monoisotopic (exact) mass is 343 g/mol. The molecule has 1 heterocycles. The Morgan fingerprint density at radius 3 is 2.50 bits per heavy atom. The molecule has 0 unspecified atom stereocenters. The van der Waals surface area contributed by atoms with E-state index in [0.29, 0.717) is 17.9 Å². The lowest BCUT2D eigenvalue weighted by molar-refractivity contribution is -0.114. The van der Waals surface area contributed by atoms with Crippen LogP contribution in [-0.2, 0) is 4.79 Å². The van der Waals surface area contributed by atoms with E-state index in [1.807, 2.05) is 0 Å². The molecule has 1 aliphatic carbocycles. The van der Waals surface area contributed by atoms with Gasteiger partial charge in [-0.3, -0.25) is 9.59 Å². The van der Waals surface area contributed by atoms with Gasteiger partial charge in [0.15, 0.2) is 0 Å². The molecule has 0 N–H and O–H groups in total. The van der Waals surface area contributed by atoms with E-state index < -0.39 is 23.3 Å². The highest BCUT2D eigenvalue weighted by Gasteiger charge is 2.45. The second kappa shape index (κ2) is 4.62. The number of anilines is 1. The fraction of sp³-hybridized carbons (Fsp3) is 0.429. The highest BCUT2D eigenvalue weighted by molar-refractivity contribution is 9.09. The van der Waals surface area contributed by atoms with E-state index in [1.54, 1.807) is 0 Å². The number of carbonyl (C=O) groups excluding carboxylic acids is 2. The largest absolute Gasteiger partial charge is 0.304 e. The van der Waals surface area contributed by atoms with Crippen molar-refractivity contribution in [3.8, 4) is 0 Å². The number of ketones is 1. The van der Waals surface area contributed by atoms with Crippen molar-refractivity contribution in [2.75, 3.05) is 16.8 Å². The van der Waals surface area contributed by atoms with Gasteiger partial charge in [-0.1, -0.05) is 22.4 Å². The summed E-state index contributed by atoms with van der Waals surface area (Å²) >= 11 is 3.42. The molecule has 20 heavy (non-hydrogen) atoms. The van der Waals surface area contributed by atoms with Gasteiger partial charge in [-0.2, -0.15) is 0 Å². The van der Waals surface area contributed by atoms with E-state index in [4.69, 9.17) is 0 Å². The third-order valence-corrected chi connectivity index (χ3v) is 5.37. The zero-order valence-corrected chi connectivity index (χ0v) is 12.2. The SMILES string of the molecule is O=C1C(=O)N(CC2(CBr)CCC2)c2cc(F)cc(F)c21. The predicted molar refractivity (Wildman–Crippen MR) is 73.1 cm³/mol. The van der Waals surface area contributed by atoms with Crippen LogP contribution < -0.4 is 4.90 Å². The number of Topliss-reactive ketones (excluding diaryl/α,β-unsaturated/α-hetero) is 1. The first kappa shape index (κ1) is 13.7. The van der Waals surface area contributed by atoms with E-state index in [9.17, 15) is 18.4 Å². The maximum absolute atomic E-state index is 13.7. The molecule has 3 nitrogen and oxygen atoms in total. The first-order valence-electron chi connectivity index (χ1n) is 6.39. The van der Waals surface area contributed by atoms with E-state index >= 15 is 0 Å². The number of fused-ring (bicyclic) bond motifs is 1. The number of rotatable bonds is 3. The van der Waals surface area contributed by atoms with Crippen LogP contribution in [0.1, 0.15) is 29.6 Å². The number of carbonyl (C=O) groups is 2. The molecule has 1 saturated carbocycles. The van der Waals surface area contributed by atoms with Crippen LogP contribution >= 0.6 is 15.9 Å². The second-order valence-corrected chi connectivity index (χ2v) is 6.05. The molecule has 0 spiro atoms. The Morgan fingerprint density at radius 2 is 1.95 bits per heavy atom. The topological polar surface area (TPSA) is 37.4 Å². The first-order valence-corrected chi connectivity index (χ1v) is 7.51. The molecular formula is C14H12BrF2NO2. The van der Waals surface area contributed by atoms with Gasteiger partial charge in [-0.25, -0.2) is 8.78 Å². The molecule has 0 bridgehead atoms. The Bertz CT molecular complexity index is 608. The Labute approximate surface area is 123 Å². The molecule has 6 heteroatoms. The summed E-state index contributed by atoms with van der Waals surface area (Å²) in [6.07, 6.45) is 2.93. The molecule has 2 aliphatic rings. The highest BCUT2D eigenvalue weighted by Crippen LogP contribution is 2.45. The van der Waals surface area contributed by atoms with Crippen molar-refractivity contribution in [1.82, 2.24) is 0 Å². The fourth-order valence-corrected chi connectivity index (χ4v) is 3.58. The lowest BCUT2D eigenvalue weighted by Crippen LogP contribution is -2.45. The molecule has 1 aromatic rings. The third kappa shape index (κ3) is 1.89. The summed E-state index contributed by atoms with van der Waals surface area (Å²) in [6.45, 7) is 0.318. The fourth-order valence-electron chi connectivity index (χ4n) is 2.84. The summed E-state index contributed by atoms with van der Waals surface area (Å²) in [5.74, 6) is -3.41. The van der Waals surface area contributed by atoms with Crippen LogP contribution in [0.4, 0.5) is 14.5 Å². The van der Waals surface area contributed by atoms with Gasteiger partial charge in [-0.05, 0) is 24.3 Å². The number of hydrogen-bond acceptors (Lipinski definition) is 2. The summed E-state index contributed by atoms with van der Waals surface area (Å²) in [7, 11) is 0. The number of benzene rings is 1. The van der Waals surface area contributed by atoms with Crippen LogP contribution in [0.25, 0.3) is 0 Å². The quantitative estimate of drug-likeness (QED) is 0.624. The smallest absolute Gasteiger partial charge is 0.299 e. The van der Waals surface area contributed by atoms with Gasteiger partial charge in [0, 0.05) is 17.9 Å². The van der Waals surface area contributed by atoms with E-state index in [0.717, 1.165) is 25.3 Å². The normalized spacial score (nSPS) is 20.1. The van der Waals surface area contributed by atoms with Crippen molar-refractivity contribution in [3.63, 3.8) is 0 Å². The molecule has 1 aliphatic heterocycles. The molecule has 1 fully saturated rings. The van der Waals surface area contributed by atoms with Gasteiger partial charge < -0.3 is 4.90 Å². The number of alkyl halides is 1. The molecule has 0 aromatic heterocycles. The molecule has 0 radical (unpaired) electrons. The van der Waals surface area contributed by atoms with Crippen molar-refractivity contribution in [3.05, 3.63) is 29.3 Å². The predicted octanol–water partition coefficient (Wildman–Crippen LogP) is 3.06. The lowest BCUT2D eigenvalue weighted by Gasteiger charge is -2.43. The minimum atomic E-state index is -0.970. The highest BCUT2D eigenvalue weighted by atomic mass is 79.9. The maximum atomic E-state index is 13.7. The van der Waals surface area contributed by atoms with Crippen molar-refractivity contribution in [2.45, 2.75) is 19.3 Å². The van der Waals surface area contributed by atoms with Crippen LogP contribution in [0.2, 0.25) is 0 Å². The van der Waals surface area contributed by atoms with Crippen LogP contribution in [0.3, 0.4) is 0 Å².